The van der Waals surface area contributed by atoms with E-state index in [0.29, 0.717) is 17.1 Å². The molecule has 10 heteroatoms. The molecule has 1 atom stereocenters. The normalized spacial score (nSPS) is 16.3. The molecule has 4 amide bonds. The van der Waals surface area contributed by atoms with Crippen LogP contribution in [0.25, 0.3) is 0 Å². The second kappa shape index (κ2) is 7.74. The summed E-state index contributed by atoms with van der Waals surface area (Å²) < 4.78 is 5.05. The Morgan fingerprint density at radius 3 is 2.39 bits per heavy atom. The minimum Gasteiger partial charge on any atom is -0.497 e. The number of amides is 4. The fourth-order valence-corrected chi connectivity index (χ4v) is 2.69. The number of nitro groups is 1. The van der Waals surface area contributed by atoms with E-state index in [2.05, 4.69) is 10.6 Å². The molecule has 0 saturated carbocycles. The monoisotopic (exact) mass is 384 g/mol. The lowest BCUT2D eigenvalue weighted by molar-refractivity contribution is -0.384. The van der Waals surface area contributed by atoms with Crippen molar-refractivity contribution in [2.24, 2.45) is 5.92 Å². The lowest BCUT2D eigenvalue weighted by atomic mass is 10.0. The fraction of sp³-hybridized carbons (Fsp3) is 0.167. The molecule has 0 spiro atoms. The number of hydrogen-bond acceptors (Lipinski definition) is 6. The number of non-ortho nitro benzene ring substituents is 1. The summed E-state index contributed by atoms with van der Waals surface area (Å²) in [5, 5.41) is 15.7. The van der Waals surface area contributed by atoms with Gasteiger partial charge in [0, 0.05) is 24.4 Å². The summed E-state index contributed by atoms with van der Waals surface area (Å²) in [6, 6.07) is 10.8. The highest BCUT2D eigenvalue weighted by Gasteiger charge is 2.39. The molecule has 0 radical (unpaired) electrons. The molecule has 1 fully saturated rings. The number of nitro benzene ring substituents is 1. The van der Waals surface area contributed by atoms with Crippen molar-refractivity contribution in [3.8, 4) is 5.75 Å². The standard InChI is InChI=1S/C18H16N4O6/c1-28-14-8-6-12(7-9-14)21-17(24)15(10-19-18(21)25)16(23)20-11-2-4-13(5-3-11)22(26)27/h2-9,15H,10H2,1H3,(H,19,25)(H,20,23). The first-order chi connectivity index (χ1) is 13.4. The SMILES string of the molecule is COc1ccc(N2C(=O)NCC(C(=O)Nc3ccc([N+](=O)[O-])cc3)C2=O)cc1. The first kappa shape index (κ1) is 18.8. The van der Waals surface area contributed by atoms with Crippen molar-refractivity contribution in [2.75, 3.05) is 23.9 Å². The van der Waals surface area contributed by atoms with Crippen LogP contribution in [-0.4, -0.2) is 36.4 Å². The maximum atomic E-state index is 12.7. The fourth-order valence-electron chi connectivity index (χ4n) is 2.69. The van der Waals surface area contributed by atoms with Crippen LogP contribution < -0.4 is 20.3 Å². The first-order valence-electron chi connectivity index (χ1n) is 8.22. The van der Waals surface area contributed by atoms with Crippen molar-refractivity contribution in [1.82, 2.24) is 5.32 Å². The van der Waals surface area contributed by atoms with Gasteiger partial charge in [-0.25, -0.2) is 9.69 Å². The molecule has 1 unspecified atom stereocenters. The van der Waals surface area contributed by atoms with Crippen LogP contribution >= 0.6 is 0 Å². The van der Waals surface area contributed by atoms with E-state index in [1.54, 1.807) is 12.1 Å². The predicted molar refractivity (Wildman–Crippen MR) is 99.1 cm³/mol. The van der Waals surface area contributed by atoms with Gasteiger partial charge in [0.05, 0.1) is 17.7 Å². The highest BCUT2D eigenvalue weighted by molar-refractivity contribution is 6.23. The van der Waals surface area contributed by atoms with Gasteiger partial charge in [-0.15, -0.1) is 0 Å². The molecule has 0 bridgehead atoms. The molecule has 28 heavy (non-hydrogen) atoms. The number of anilines is 2. The van der Waals surface area contributed by atoms with Crippen LogP contribution in [0.4, 0.5) is 21.9 Å². The van der Waals surface area contributed by atoms with Crippen molar-refractivity contribution >= 4 is 34.9 Å². The third-order valence-corrected chi connectivity index (χ3v) is 4.17. The Hall–Kier alpha value is -3.95. The van der Waals surface area contributed by atoms with Crippen LogP contribution in [0.2, 0.25) is 0 Å². The Bertz CT molecular complexity index is 926. The first-order valence-corrected chi connectivity index (χ1v) is 8.22. The van der Waals surface area contributed by atoms with E-state index in [0.717, 1.165) is 4.90 Å². The topological polar surface area (TPSA) is 131 Å². The van der Waals surface area contributed by atoms with Crippen molar-refractivity contribution in [2.45, 2.75) is 0 Å². The van der Waals surface area contributed by atoms with Gasteiger partial charge in [-0.2, -0.15) is 0 Å². The van der Waals surface area contributed by atoms with Crippen LogP contribution in [0.15, 0.2) is 48.5 Å². The lowest BCUT2D eigenvalue weighted by Gasteiger charge is -2.30. The third kappa shape index (κ3) is 3.75. The maximum Gasteiger partial charge on any atom is 0.328 e. The second-order valence-corrected chi connectivity index (χ2v) is 5.90. The lowest BCUT2D eigenvalue weighted by Crippen LogP contribution is -2.58. The molecule has 0 aliphatic carbocycles. The largest absolute Gasteiger partial charge is 0.497 e. The average Bonchev–Trinajstić information content (AvgIpc) is 2.69. The molecule has 2 aromatic rings. The third-order valence-electron chi connectivity index (χ3n) is 4.17. The number of nitrogens with one attached hydrogen (secondary N) is 2. The van der Waals surface area contributed by atoms with E-state index < -0.39 is 28.7 Å². The molecular weight excluding hydrogens is 368 g/mol. The Morgan fingerprint density at radius 1 is 1.18 bits per heavy atom. The summed E-state index contributed by atoms with van der Waals surface area (Å²) in [5.41, 5.74) is 0.483. The molecule has 1 heterocycles. The molecule has 144 valence electrons. The number of carbonyl (C=O) groups excluding carboxylic acids is 3. The number of carbonyl (C=O) groups is 3. The Morgan fingerprint density at radius 2 is 1.82 bits per heavy atom. The summed E-state index contributed by atoms with van der Waals surface area (Å²) in [7, 11) is 1.49. The van der Waals surface area contributed by atoms with Crippen molar-refractivity contribution in [1.29, 1.82) is 0 Å². The van der Waals surface area contributed by atoms with Crippen LogP contribution in [0.3, 0.4) is 0 Å². The number of hydrogen-bond donors (Lipinski definition) is 2. The van der Waals surface area contributed by atoms with Gasteiger partial charge in [-0.3, -0.25) is 19.7 Å². The summed E-state index contributed by atoms with van der Waals surface area (Å²) in [6.45, 7) is -0.150. The quantitative estimate of drug-likeness (QED) is 0.460. The molecule has 2 N–H and O–H groups in total. The number of benzene rings is 2. The van der Waals surface area contributed by atoms with E-state index in [1.807, 2.05) is 0 Å². The Kier molecular flexibility index (Phi) is 5.21. The number of nitrogens with zero attached hydrogens (tertiary/aromatic N) is 2. The molecule has 1 aliphatic heterocycles. The van der Waals surface area contributed by atoms with E-state index in [1.165, 1.54) is 43.5 Å². The predicted octanol–water partition coefficient (Wildman–Crippen LogP) is 1.91. The van der Waals surface area contributed by atoms with E-state index >= 15 is 0 Å². The summed E-state index contributed by atoms with van der Waals surface area (Å²) >= 11 is 0. The molecule has 2 aromatic carbocycles. The minimum atomic E-state index is -1.14. The highest BCUT2D eigenvalue weighted by atomic mass is 16.6. The number of methoxy groups -OCH3 is 1. The van der Waals surface area contributed by atoms with Gasteiger partial charge in [0.2, 0.25) is 11.8 Å². The van der Waals surface area contributed by atoms with E-state index in [4.69, 9.17) is 4.74 Å². The van der Waals surface area contributed by atoms with Gasteiger partial charge in [0.15, 0.2) is 0 Å². The van der Waals surface area contributed by atoms with Crippen LogP contribution in [0.1, 0.15) is 0 Å². The van der Waals surface area contributed by atoms with Crippen molar-refractivity contribution in [3.63, 3.8) is 0 Å². The summed E-state index contributed by atoms with van der Waals surface area (Å²) in [5.74, 6) is -1.89. The van der Waals surface area contributed by atoms with Crippen molar-refractivity contribution < 1.29 is 24.0 Å². The van der Waals surface area contributed by atoms with E-state index in [-0.39, 0.29) is 12.2 Å². The average molecular weight is 384 g/mol. The molecule has 10 nitrogen and oxygen atoms in total. The maximum absolute atomic E-state index is 12.7. The zero-order valence-corrected chi connectivity index (χ0v) is 14.7. The molecule has 0 aromatic heterocycles. The molecule has 1 aliphatic rings. The summed E-state index contributed by atoms with van der Waals surface area (Å²) in [4.78, 5) is 48.4. The second-order valence-electron chi connectivity index (χ2n) is 5.90. The van der Waals surface area contributed by atoms with Gasteiger partial charge >= 0.3 is 6.03 Å². The molecule has 1 saturated heterocycles. The zero-order chi connectivity index (χ0) is 20.3. The van der Waals surface area contributed by atoms with Gasteiger partial charge < -0.3 is 15.4 Å². The highest BCUT2D eigenvalue weighted by Crippen LogP contribution is 2.24. The van der Waals surface area contributed by atoms with Crippen LogP contribution in [0, 0.1) is 16.0 Å². The number of ether oxygens (including phenoxy) is 1. The van der Waals surface area contributed by atoms with Gasteiger partial charge in [-0.05, 0) is 36.4 Å². The van der Waals surface area contributed by atoms with Gasteiger partial charge in [-0.1, -0.05) is 0 Å². The minimum absolute atomic E-state index is 0.121. The smallest absolute Gasteiger partial charge is 0.328 e. The van der Waals surface area contributed by atoms with Crippen molar-refractivity contribution in [3.05, 3.63) is 58.6 Å². The van der Waals surface area contributed by atoms with E-state index in [9.17, 15) is 24.5 Å². The number of rotatable bonds is 5. The number of urea groups is 1. The number of imide groups is 1. The molecular formula is C18H16N4O6. The van der Waals surface area contributed by atoms with Crippen LogP contribution in [0.5, 0.6) is 5.75 Å². The van der Waals surface area contributed by atoms with Gasteiger partial charge in [0.25, 0.3) is 5.69 Å². The van der Waals surface area contributed by atoms with Crippen LogP contribution in [-0.2, 0) is 9.59 Å². The van der Waals surface area contributed by atoms with Gasteiger partial charge in [0.1, 0.15) is 11.7 Å². The zero-order valence-electron chi connectivity index (χ0n) is 14.7. The Balaban J connectivity index is 1.76. The Labute approximate surface area is 159 Å². The molecule has 3 rings (SSSR count). The summed E-state index contributed by atoms with van der Waals surface area (Å²) in [6.07, 6.45) is 0.